The molecule has 2 heterocycles. The molecule has 0 saturated carbocycles. The SMILES string of the molecule is O=[N+]([O-])c1cnc(N2CCCCC2)nc1Cl. The van der Waals surface area contributed by atoms with Crippen LogP contribution in [0.25, 0.3) is 0 Å². The van der Waals surface area contributed by atoms with Crippen LogP contribution in [0, 0.1) is 10.1 Å². The van der Waals surface area contributed by atoms with Gasteiger partial charge in [-0.25, -0.2) is 4.98 Å². The van der Waals surface area contributed by atoms with Crippen molar-refractivity contribution in [3.05, 3.63) is 21.5 Å². The minimum atomic E-state index is -0.581. The van der Waals surface area contributed by atoms with Gasteiger partial charge in [-0.05, 0) is 19.3 Å². The molecule has 0 N–H and O–H groups in total. The molecule has 0 spiro atoms. The third-order valence-electron chi connectivity index (χ3n) is 2.55. The standard InChI is InChI=1S/C9H11ClN4O2/c10-8-7(14(15)16)6-11-9(12-8)13-4-2-1-3-5-13/h6H,1-5H2. The third kappa shape index (κ3) is 2.21. The summed E-state index contributed by atoms with van der Waals surface area (Å²) in [6, 6.07) is 0. The molecule has 0 atom stereocenters. The molecular formula is C9H11ClN4O2. The summed E-state index contributed by atoms with van der Waals surface area (Å²) in [4.78, 5) is 19.9. The molecule has 2 rings (SSSR count). The number of hydrogen-bond acceptors (Lipinski definition) is 5. The van der Waals surface area contributed by atoms with Crippen LogP contribution in [0.15, 0.2) is 6.20 Å². The van der Waals surface area contributed by atoms with E-state index in [-0.39, 0.29) is 10.8 Å². The summed E-state index contributed by atoms with van der Waals surface area (Å²) in [5.41, 5.74) is -0.248. The largest absolute Gasteiger partial charge is 0.341 e. The summed E-state index contributed by atoms with van der Waals surface area (Å²) in [5, 5.41) is 10.4. The molecule has 0 bridgehead atoms. The fraction of sp³-hybridized carbons (Fsp3) is 0.556. The van der Waals surface area contributed by atoms with E-state index >= 15 is 0 Å². The highest BCUT2D eigenvalue weighted by Crippen LogP contribution is 2.24. The van der Waals surface area contributed by atoms with Crippen LogP contribution in [0.3, 0.4) is 0 Å². The molecular weight excluding hydrogens is 232 g/mol. The van der Waals surface area contributed by atoms with Crippen LogP contribution in [0.5, 0.6) is 0 Å². The molecule has 1 aliphatic heterocycles. The Hall–Kier alpha value is -1.43. The minimum Gasteiger partial charge on any atom is -0.341 e. The normalized spacial score (nSPS) is 16.2. The van der Waals surface area contributed by atoms with Crippen LogP contribution in [0.4, 0.5) is 11.6 Å². The van der Waals surface area contributed by atoms with Crippen LogP contribution in [0.2, 0.25) is 5.15 Å². The molecule has 86 valence electrons. The van der Waals surface area contributed by atoms with Gasteiger partial charge >= 0.3 is 5.69 Å². The molecule has 6 nitrogen and oxygen atoms in total. The Bertz CT molecular complexity index is 406. The van der Waals surface area contributed by atoms with Crippen LogP contribution < -0.4 is 4.90 Å². The summed E-state index contributed by atoms with van der Waals surface area (Å²) in [6.45, 7) is 1.77. The molecule has 0 unspecified atom stereocenters. The molecule has 0 radical (unpaired) electrons. The molecule has 0 amide bonds. The molecule has 16 heavy (non-hydrogen) atoms. The second-order valence-corrected chi connectivity index (χ2v) is 4.01. The Balaban J connectivity index is 2.23. The summed E-state index contributed by atoms with van der Waals surface area (Å²) in [6.07, 6.45) is 4.56. The predicted octanol–water partition coefficient (Wildman–Crippen LogP) is 2.03. The van der Waals surface area contributed by atoms with Gasteiger partial charge in [0.1, 0.15) is 6.20 Å². The molecule has 1 aliphatic rings. The van der Waals surface area contributed by atoms with E-state index in [0.717, 1.165) is 25.9 Å². The van der Waals surface area contributed by atoms with Gasteiger partial charge in [0.05, 0.1) is 4.92 Å². The summed E-state index contributed by atoms with van der Waals surface area (Å²) in [7, 11) is 0. The molecule has 0 aromatic carbocycles. The van der Waals surface area contributed by atoms with Crippen molar-refractivity contribution in [3.8, 4) is 0 Å². The maximum absolute atomic E-state index is 10.5. The van der Waals surface area contributed by atoms with E-state index in [1.807, 2.05) is 4.90 Å². The smallest absolute Gasteiger partial charge is 0.324 e. The van der Waals surface area contributed by atoms with E-state index in [0.29, 0.717) is 5.95 Å². The maximum atomic E-state index is 10.5. The Labute approximate surface area is 97.4 Å². The van der Waals surface area contributed by atoms with Crippen molar-refractivity contribution >= 4 is 23.2 Å². The third-order valence-corrected chi connectivity index (χ3v) is 2.83. The second kappa shape index (κ2) is 4.61. The highest BCUT2D eigenvalue weighted by molar-refractivity contribution is 6.31. The minimum absolute atomic E-state index is 0.0967. The number of hydrogen-bond donors (Lipinski definition) is 0. The number of rotatable bonds is 2. The van der Waals surface area contributed by atoms with Crippen molar-refractivity contribution in [2.45, 2.75) is 19.3 Å². The first-order chi connectivity index (χ1) is 7.68. The predicted molar refractivity (Wildman–Crippen MR) is 59.8 cm³/mol. The Morgan fingerprint density at radius 2 is 2.06 bits per heavy atom. The average molecular weight is 243 g/mol. The fourth-order valence-corrected chi connectivity index (χ4v) is 1.91. The lowest BCUT2D eigenvalue weighted by molar-refractivity contribution is -0.385. The Kier molecular flexibility index (Phi) is 3.19. The van der Waals surface area contributed by atoms with Gasteiger partial charge in [0.25, 0.3) is 0 Å². The zero-order chi connectivity index (χ0) is 11.5. The summed E-state index contributed by atoms with van der Waals surface area (Å²) < 4.78 is 0. The fourth-order valence-electron chi connectivity index (χ4n) is 1.71. The van der Waals surface area contributed by atoms with Gasteiger partial charge in [0, 0.05) is 13.1 Å². The van der Waals surface area contributed by atoms with Crippen molar-refractivity contribution in [1.29, 1.82) is 0 Å². The number of nitrogens with zero attached hydrogens (tertiary/aromatic N) is 4. The lowest BCUT2D eigenvalue weighted by Crippen LogP contribution is -2.31. The van der Waals surface area contributed by atoms with Crippen LogP contribution in [-0.4, -0.2) is 28.0 Å². The van der Waals surface area contributed by atoms with Crippen molar-refractivity contribution < 1.29 is 4.92 Å². The van der Waals surface area contributed by atoms with Crippen molar-refractivity contribution in [3.63, 3.8) is 0 Å². The first kappa shape index (κ1) is 11.1. The number of halogens is 1. The van der Waals surface area contributed by atoms with Gasteiger partial charge in [-0.1, -0.05) is 11.6 Å². The number of aromatic nitrogens is 2. The lowest BCUT2D eigenvalue weighted by atomic mass is 10.1. The van der Waals surface area contributed by atoms with E-state index in [1.165, 1.54) is 12.6 Å². The van der Waals surface area contributed by atoms with Crippen LogP contribution in [0.1, 0.15) is 19.3 Å². The van der Waals surface area contributed by atoms with Crippen molar-refractivity contribution in [2.75, 3.05) is 18.0 Å². The zero-order valence-corrected chi connectivity index (χ0v) is 9.35. The average Bonchev–Trinajstić information content (AvgIpc) is 2.29. The summed E-state index contributed by atoms with van der Waals surface area (Å²) in [5.74, 6) is 0.482. The monoisotopic (exact) mass is 242 g/mol. The van der Waals surface area contributed by atoms with Crippen LogP contribution >= 0.6 is 11.6 Å². The first-order valence-electron chi connectivity index (χ1n) is 5.10. The van der Waals surface area contributed by atoms with Crippen molar-refractivity contribution in [2.24, 2.45) is 0 Å². The van der Waals surface area contributed by atoms with Crippen LogP contribution in [-0.2, 0) is 0 Å². The lowest BCUT2D eigenvalue weighted by Gasteiger charge is -2.26. The van der Waals surface area contributed by atoms with Gasteiger partial charge in [0.15, 0.2) is 0 Å². The van der Waals surface area contributed by atoms with Crippen molar-refractivity contribution in [1.82, 2.24) is 9.97 Å². The van der Waals surface area contributed by atoms with Gasteiger partial charge in [-0.15, -0.1) is 0 Å². The van der Waals surface area contributed by atoms with E-state index in [4.69, 9.17) is 11.6 Å². The van der Waals surface area contributed by atoms with Gasteiger partial charge < -0.3 is 4.90 Å². The quantitative estimate of drug-likeness (QED) is 0.451. The Morgan fingerprint density at radius 1 is 1.38 bits per heavy atom. The molecule has 7 heteroatoms. The molecule has 1 aromatic rings. The zero-order valence-electron chi connectivity index (χ0n) is 8.60. The van der Waals surface area contributed by atoms with E-state index in [9.17, 15) is 10.1 Å². The number of piperidine rings is 1. The molecule has 1 fully saturated rings. The topological polar surface area (TPSA) is 72.2 Å². The first-order valence-corrected chi connectivity index (χ1v) is 5.48. The molecule has 0 aliphatic carbocycles. The van der Waals surface area contributed by atoms with Gasteiger partial charge in [-0.3, -0.25) is 10.1 Å². The highest BCUT2D eigenvalue weighted by atomic mass is 35.5. The Morgan fingerprint density at radius 3 is 2.62 bits per heavy atom. The van der Waals surface area contributed by atoms with Gasteiger partial charge in [0.2, 0.25) is 11.1 Å². The second-order valence-electron chi connectivity index (χ2n) is 3.65. The van der Waals surface area contributed by atoms with E-state index in [2.05, 4.69) is 9.97 Å². The van der Waals surface area contributed by atoms with E-state index < -0.39 is 4.92 Å². The maximum Gasteiger partial charge on any atom is 0.324 e. The number of nitro groups is 1. The highest BCUT2D eigenvalue weighted by Gasteiger charge is 2.19. The summed E-state index contributed by atoms with van der Waals surface area (Å²) >= 11 is 5.72. The molecule has 1 saturated heterocycles. The van der Waals surface area contributed by atoms with Gasteiger partial charge in [-0.2, -0.15) is 4.98 Å². The number of anilines is 1. The molecule has 1 aromatic heterocycles. The van der Waals surface area contributed by atoms with E-state index in [1.54, 1.807) is 0 Å².